The van der Waals surface area contributed by atoms with Gasteiger partial charge >= 0.3 is 0 Å². The van der Waals surface area contributed by atoms with Crippen molar-refractivity contribution in [1.82, 2.24) is 0 Å². The Kier molecular flexibility index (Phi) is 6.67. The Morgan fingerprint density at radius 3 is 2.37 bits per heavy atom. The van der Waals surface area contributed by atoms with Crippen molar-refractivity contribution in [2.45, 2.75) is 58.1 Å². The van der Waals surface area contributed by atoms with E-state index in [1.165, 1.54) is 37.7 Å². The number of halogens is 1. The van der Waals surface area contributed by atoms with Crippen molar-refractivity contribution >= 4 is 12.4 Å². The smallest absolute Gasteiger partial charge is 0.124 e. The van der Waals surface area contributed by atoms with Crippen LogP contribution in [0.4, 0.5) is 0 Å². The lowest BCUT2D eigenvalue weighted by molar-refractivity contribution is 0.232. The van der Waals surface area contributed by atoms with Gasteiger partial charge in [-0.15, -0.1) is 12.4 Å². The van der Waals surface area contributed by atoms with Gasteiger partial charge in [0.25, 0.3) is 0 Å². The van der Waals surface area contributed by atoms with E-state index in [-0.39, 0.29) is 24.6 Å². The molecule has 1 aromatic carbocycles. The summed E-state index contributed by atoms with van der Waals surface area (Å²) in [6, 6.07) is 8.37. The van der Waals surface area contributed by atoms with E-state index < -0.39 is 0 Å². The number of hydrogen-bond donors (Lipinski definition) is 1. The maximum absolute atomic E-state index is 6.47. The topological polar surface area (TPSA) is 35.2 Å². The molecule has 108 valence electrons. The molecule has 0 spiro atoms. The van der Waals surface area contributed by atoms with Crippen molar-refractivity contribution in [2.24, 2.45) is 11.7 Å². The predicted octanol–water partition coefficient (Wildman–Crippen LogP) is 4.48. The fourth-order valence-electron chi connectivity index (χ4n) is 2.86. The Morgan fingerprint density at radius 2 is 1.74 bits per heavy atom. The molecule has 0 heterocycles. The molecule has 1 aliphatic carbocycles. The Hall–Kier alpha value is -0.730. The van der Waals surface area contributed by atoms with Crippen molar-refractivity contribution in [2.75, 3.05) is 0 Å². The fourth-order valence-corrected chi connectivity index (χ4v) is 2.86. The molecule has 0 aromatic heterocycles. The summed E-state index contributed by atoms with van der Waals surface area (Å²) in [5, 5.41) is 0. The third kappa shape index (κ3) is 4.39. The maximum Gasteiger partial charge on any atom is 0.124 e. The summed E-state index contributed by atoms with van der Waals surface area (Å²) < 4.78 is 5.88. The molecule has 1 aromatic rings. The normalized spacial score (nSPS) is 17.9. The predicted molar refractivity (Wildman–Crippen MR) is 83.0 cm³/mol. The lowest BCUT2D eigenvalue weighted by Crippen LogP contribution is -2.24. The van der Waals surface area contributed by atoms with Crippen LogP contribution >= 0.6 is 12.4 Å². The van der Waals surface area contributed by atoms with Crippen LogP contribution in [-0.2, 0) is 0 Å². The van der Waals surface area contributed by atoms with Crippen LogP contribution in [0.5, 0.6) is 5.75 Å². The van der Waals surface area contributed by atoms with E-state index in [4.69, 9.17) is 10.5 Å². The zero-order chi connectivity index (χ0) is 13.0. The molecule has 2 rings (SSSR count). The Bertz CT molecular complexity index is 375. The highest BCUT2D eigenvalue weighted by atomic mass is 35.5. The molecule has 3 heteroatoms. The van der Waals surface area contributed by atoms with Gasteiger partial charge in [-0.3, -0.25) is 0 Å². The zero-order valence-electron chi connectivity index (χ0n) is 12.0. The third-order valence-corrected chi connectivity index (χ3v) is 3.80. The maximum atomic E-state index is 6.47. The summed E-state index contributed by atoms with van der Waals surface area (Å²) in [5.41, 5.74) is 7.65. The van der Waals surface area contributed by atoms with Crippen LogP contribution in [0.3, 0.4) is 0 Å². The van der Waals surface area contributed by atoms with Gasteiger partial charge in [0, 0.05) is 11.6 Å². The highest BCUT2D eigenvalue weighted by Crippen LogP contribution is 2.36. The van der Waals surface area contributed by atoms with E-state index in [0.717, 1.165) is 5.75 Å². The van der Waals surface area contributed by atoms with Gasteiger partial charge in [0.1, 0.15) is 5.75 Å². The number of nitrogens with two attached hydrogens (primary N) is 1. The number of rotatable bonds is 4. The van der Waals surface area contributed by atoms with E-state index in [9.17, 15) is 0 Å². The van der Waals surface area contributed by atoms with Gasteiger partial charge in [-0.2, -0.15) is 0 Å². The van der Waals surface area contributed by atoms with Gasteiger partial charge in [0.15, 0.2) is 0 Å². The molecule has 0 saturated heterocycles. The molecule has 1 fully saturated rings. The summed E-state index contributed by atoms with van der Waals surface area (Å²) in [6.07, 6.45) is 6.74. The van der Waals surface area contributed by atoms with E-state index in [1.54, 1.807) is 0 Å². The van der Waals surface area contributed by atoms with Crippen molar-refractivity contribution in [3.8, 4) is 5.75 Å². The summed E-state index contributed by atoms with van der Waals surface area (Å²) >= 11 is 0. The highest BCUT2D eigenvalue weighted by Gasteiger charge is 2.24. The largest absolute Gasteiger partial charge is 0.491 e. The van der Waals surface area contributed by atoms with Crippen molar-refractivity contribution < 1.29 is 4.74 Å². The first-order valence-electron chi connectivity index (χ1n) is 7.19. The average molecular weight is 284 g/mol. The van der Waals surface area contributed by atoms with Crippen LogP contribution in [-0.4, -0.2) is 6.10 Å². The van der Waals surface area contributed by atoms with Crippen molar-refractivity contribution in [1.29, 1.82) is 0 Å². The molecule has 1 aliphatic rings. The molecule has 0 amide bonds. The second kappa shape index (κ2) is 7.76. The molecule has 0 unspecified atom stereocenters. The molecule has 2 nitrogen and oxygen atoms in total. The first-order chi connectivity index (χ1) is 8.68. The van der Waals surface area contributed by atoms with Gasteiger partial charge in [0.05, 0.1) is 6.10 Å². The second-order valence-corrected chi connectivity index (χ2v) is 5.63. The number of ether oxygens (including phenoxy) is 1. The summed E-state index contributed by atoms with van der Waals surface area (Å²) in [5.74, 6) is 1.58. The Balaban J connectivity index is 0.00000180. The fraction of sp³-hybridized carbons (Fsp3) is 0.625. The molecule has 1 saturated carbocycles. The van der Waals surface area contributed by atoms with Crippen molar-refractivity contribution in [3.05, 3.63) is 29.8 Å². The van der Waals surface area contributed by atoms with E-state index in [1.807, 2.05) is 12.1 Å². The Labute approximate surface area is 123 Å². The van der Waals surface area contributed by atoms with Gasteiger partial charge < -0.3 is 10.5 Å². The van der Waals surface area contributed by atoms with E-state index >= 15 is 0 Å². The van der Waals surface area contributed by atoms with Gasteiger partial charge in [0.2, 0.25) is 0 Å². The number of hydrogen-bond acceptors (Lipinski definition) is 2. The third-order valence-electron chi connectivity index (χ3n) is 3.80. The SMILES string of the molecule is CC(C)Oc1ccccc1[C@H](N)C1CCCCC1.Cl. The summed E-state index contributed by atoms with van der Waals surface area (Å²) in [7, 11) is 0. The lowest BCUT2D eigenvalue weighted by atomic mass is 9.81. The van der Waals surface area contributed by atoms with Crippen LogP contribution in [0.25, 0.3) is 0 Å². The zero-order valence-corrected chi connectivity index (χ0v) is 12.8. The van der Waals surface area contributed by atoms with Crippen LogP contribution in [0.2, 0.25) is 0 Å². The monoisotopic (exact) mass is 283 g/mol. The second-order valence-electron chi connectivity index (χ2n) is 5.63. The molecule has 0 aliphatic heterocycles. The van der Waals surface area contributed by atoms with E-state index in [0.29, 0.717) is 5.92 Å². The molecule has 0 bridgehead atoms. The van der Waals surface area contributed by atoms with Gasteiger partial charge in [-0.25, -0.2) is 0 Å². The summed E-state index contributed by atoms with van der Waals surface area (Å²) in [6.45, 7) is 4.12. The molecule has 1 atom stereocenters. The molecular formula is C16H26ClNO. The average Bonchev–Trinajstić information content (AvgIpc) is 2.39. The van der Waals surface area contributed by atoms with Crippen LogP contribution in [0.1, 0.15) is 57.6 Å². The van der Waals surface area contributed by atoms with Crippen LogP contribution in [0, 0.1) is 5.92 Å². The minimum atomic E-state index is 0. The summed E-state index contributed by atoms with van der Waals surface area (Å²) in [4.78, 5) is 0. The van der Waals surface area contributed by atoms with Gasteiger partial charge in [-0.1, -0.05) is 37.5 Å². The first-order valence-corrected chi connectivity index (χ1v) is 7.19. The van der Waals surface area contributed by atoms with Gasteiger partial charge in [-0.05, 0) is 38.7 Å². The molecule has 19 heavy (non-hydrogen) atoms. The minimum Gasteiger partial charge on any atom is -0.491 e. The highest BCUT2D eigenvalue weighted by molar-refractivity contribution is 5.85. The molecule has 0 radical (unpaired) electrons. The number of para-hydroxylation sites is 1. The molecule has 2 N–H and O–H groups in total. The van der Waals surface area contributed by atoms with Crippen LogP contribution in [0.15, 0.2) is 24.3 Å². The molecular weight excluding hydrogens is 258 g/mol. The first kappa shape index (κ1) is 16.3. The quantitative estimate of drug-likeness (QED) is 0.884. The van der Waals surface area contributed by atoms with Crippen molar-refractivity contribution in [3.63, 3.8) is 0 Å². The number of benzene rings is 1. The minimum absolute atomic E-state index is 0. The van der Waals surface area contributed by atoms with Crippen LogP contribution < -0.4 is 10.5 Å². The lowest BCUT2D eigenvalue weighted by Gasteiger charge is -2.29. The van der Waals surface area contributed by atoms with E-state index in [2.05, 4.69) is 26.0 Å². The Morgan fingerprint density at radius 1 is 1.11 bits per heavy atom. The standard InChI is InChI=1S/C16H25NO.ClH/c1-12(2)18-15-11-7-6-10-14(15)16(17)13-8-4-3-5-9-13;/h6-7,10-13,16H,3-5,8-9,17H2,1-2H3;1H/t16-;/m1./s1.